The number of piperidine rings is 1. The molecule has 3 rings (SSSR count). The summed E-state index contributed by atoms with van der Waals surface area (Å²) < 4.78 is 20.0. The minimum Gasteiger partial charge on any atom is -0.395 e. The number of carbonyl (C=O) groups excluding carboxylic acids is 1. The van der Waals surface area contributed by atoms with Crippen LogP contribution in [0.4, 0.5) is 4.39 Å². The number of aliphatic hydroxyl groups is 1. The van der Waals surface area contributed by atoms with Gasteiger partial charge in [0.1, 0.15) is 5.82 Å². The molecule has 1 fully saturated rings. The second-order valence-electron chi connectivity index (χ2n) is 8.33. The number of ether oxygens (including phenoxy) is 1. The number of amides is 1. The van der Waals surface area contributed by atoms with Crippen molar-refractivity contribution in [2.24, 2.45) is 5.92 Å². The van der Waals surface area contributed by atoms with Crippen molar-refractivity contribution in [1.29, 1.82) is 0 Å². The third kappa shape index (κ3) is 5.42. The number of hydrogen-bond acceptors (Lipinski definition) is 6. The second-order valence-corrected chi connectivity index (χ2v) is 8.59. The molecule has 1 aromatic carbocycles. The Balaban J connectivity index is 1.69. The van der Waals surface area contributed by atoms with Gasteiger partial charge in [-0.25, -0.2) is 4.39 Å². The lowest BCUT2D eigenvalue weighted by atomic mass is 9.83. The topological polar surface area (TPSA) is 65.0 Å². The van der Waals surface area contributed by atoms with Crippen LogP contribution in [0.3, 0.4) is 0 Å². The summed E-state index contributed by atoms with van der Waals surface area (Å²) in [5.74, 6) is -0.414. The monoisotopic (exact) mass is 451 g/mol. The van der Waals surface area contributed by atoms with Crippen molar-refractivity contribution < 1.29 is 19.0 Å². The maximum absolute atomic E-state index is 13.9. The highest BCUT2D eigenvalue weighted by molar-refractivity contribution is 7.83. The smallest absolute Gasteiger partial charge is 0.227 e. The molecule has 2 N–H and O–H groups in total. The van der Waals surface area contributed by atoms with Gasteiger partial charge in [-0.05, 0) is 48.4 Å². The van der Waals surface area contributed by atoms with E-state index in [1.54, 1.807) is 16.4 Å². The molecule has 1 saturated heterocycles. The number of likely N-dealkylation sites (N-methyl/N-ethyl adjacent to an activating group) is 1. The number of halogens is 1. The third-order valence-corrected chi connectivity index (χ3v) is 6.88. The molecule has 0 bridgehead atoms. The molecule has 2 aliphatic rings. The van der Waals surface area contributed by atoms with Crippen molar-refractivity contribution in [2.45, 2.75) is 38.4 Å². The largest absolute Gasteiger partial charge is 0.395 e. The number of aliphatic hydroxyl groups excluding tert-OH is 1. The van der Waals surface area contributed by atoms with Crippen molar-refractivity contribution >= 4 is 18.5 Å². The molecule has 0 radical (unpaired) electrons. The van der Waals surface area contributed by atoms with Crippen LogP contribution in [-0.4, -0.2) is 67.2 Å². The number of rotatable bonds is 9. The van der Waals surface area contributed by atoms with E-state index >= 15 is 0 Å². The molecule has 8 heteroatoms. The molecule has 1 unspecified atom stereocenters. The Bertz CT molecular complexity index is 796. The number of nitrogens with one attached hydrogen (secondary N) is 1. The molecule has 2 heterocycles. The molecule has 6 nitrogen and oxygen atoms in total. The van der Waals surface area contributed by atoms with Gasteiger partial charge in [-0.2, -0.15) is 0 Å². The van der Waals surface area contributed by atoms with E-state index in [1.807, 2.05) is 20.0 Å². The van der Waals surface area contributed by atoms with E-state index in [0.29, 0.717) is 32.7 Å². The molecular weight excluding hydrogens is 417 g/mol. The van der Waals surface area contributed by atoms with Crippen molar-refractivity contribution in [3.63, 3.8) is 0 Å². The number of allylic oxidation sites excluding steroid dienone is 1. The minimum absolute atomic E-state index is 0.0457. The molecular formula is C23H34FN3O3S. The van der Waals surface area contributed by atoms with Crippen LogP contribution in [0.2, 0.25) is 0 Å². The summed E-state index contributed by atoms with van der Waals surface area (Å²) >= 11 is 4.26. The maximum atomic E-state index is 13.9. The van der Waals surface area contributed by atoms with Crippen LogP contribution in [0, 0.1) is 11.7 Å². The van der Waals surface area contributed by atoms with Gasteiger partial charge in [-0.3, -0.25) is 4.79 Å². The molecule has 0 aliphatic carbocycles. The Hall–Kier alpha value is -1.61. The number of likely N-dealkylation sites (tertiary alicyclic amines) is 1. The van der Waals surface area contributed by atoms with E-state index in [2.05, 4.69) is 22.8 Å². The normalized spacial score (nSPS) is 19.3. The predicted molar refractivity (Wildman–Crippen MR) is 122 cm³/mol. The van der Waals surface area contributed by atoms with Crippen LogP contribution in [0.25, 0.3) is 0 Å². The molecule has 2 aliphatic heterocycles. The highest BCUT2D eigenvalue weighted by atomic mass is 32.1. The minimum atomic E-state index is -0.416. The van der Waals surface area contributed by atoms with Crippen LogP contribution < -0.4 is 5.32 Å². The van der Waals surface area contributed by atoms with Gasteiger partial charge < -0.3 is 25.0 Å². The van der Waals surface area contributed by atoms with Crippen molar-refractivity contribution in [1.82, 2.24) is 15.1 Å². The number of thiol groups is 1. The number of benzene rings is 1. The van der Waals surface area contributed by atoms with E-state index in [0.717, 1.165) is 42.8 Å². The summed E-state index contributed by atoms with van der Waals surface area (Å²) in [5.41, 5.74) is 2.54. The van der Waals surface area contributed by atoms with Gasteiger partial charge in [0, 0.05) is 51.9 Å². The standard InChI is InChI=1S/C23H34FN3O3S/c1-3-27(10-11-28)22(29)18(12-20(16-31)25-2)14-26-8-6-23(7-9-26)21-13-19(24)5-4-17(21)15-30-23/h4-5,13,16,18,25,28,31H,3,6-12,14-15H2,1-2H3/b20-16-. The van der Waals surface area contributed by atoms with Crippen LogP contribution in [0.1, 0.15) is 37.3 Å². The molecule has 1 amide bonds. The zero-order valence-corrected chi connectivity index (χ0v) is 19.3. The van der Waals surface area contributed by atoms with E-state index in [1.165, 1.54) is 6.07 Å². The predicted octanol–water partition coefficient (Wildman–Crippen LogP) is 2.48. The fourth-order valence-electron chi connectivity index (χ4n) is 4.73. The second kappa shape index (κ2) is 10.8. The van der Waals surface area contributed by atoms with Gasteiger partial charge in [0.05, 0.1) is 24.7 Å². The fourth-order valence-corrected chi connectivity index (χ4v) is 4.97. The number of fused-ring (bicyclic) bond motifs is 2. The molecule has 1 atom stereocenters. The van der Waals surface area contributed by atoms with E-state index in [-0.39, 0.29) is 24.2 Å². The molecule has 1 spiro atoms. The molecule has 0 aromatic heterocycles. The Morgan fingerprint density at radius 1 is 1.45 bits per heavy atom. The SMILES string of the molecule is CCN(CCO)C(=O)C(C/C(=C/S)NC)CN1CCC2(CC1)OCc1ccc(F)cc12. The van der Waals surface area contributed by atoms with E-state index in [9.17, 15) is 14.3 Å². The average molecular weight is 452 g/mol. The van der Waals surface area contributed by atoms with E-state index in [4.69, 9.17) is 4.74 Å². The highest BCUT2D eigenvalue weighted by Gasteiger charge is 2.43. The summed E-state index contributed by atoms with van der Waals surface area (Å²) in [5, 5.41) is 14.1. The summed E-state index contributed by atoms with van der Waals surface area (Å²) in [6.07, 6.45) is 2.12. The van der Waals surface area contributed by atoms with Crippen molar-refractivity contribution in [3.05, 3.63) is 46.2 Å². The van der Waals surface area contributed by atoms with Gasteiger partial charge in [-0.1, -0.05) is 6.07 Å². The van der Waals surface area contributed by atoms with Gasteiger partial charge in [0.15, 0.2) is 0 Å². The Kier molecular flexibility index (Phi) is 8.38. The summed E-state index contributed by atoms with van der Waals surface area (Å²) in [6.45, 7) is 5.50. The zero-order valence-electron chi connectivity index (χ0n) is 18.4. The summed E-state index contributed by atoms with van der Waals surface area (Å²) in [6, 6.07) is 4.94. The lowest BCUT2D eigenvalue weighted by Gasteiger charge is -2.40. The Labute approximate surface area is 189 Å². The van der Waals surface area contributed by atoms with E-state index < -0.39 is 5.60 Å². The molecule has 0 saturated carbocycles. The first-order valence-electron chi connectivity index (χ1n) is 11.0. The number of hydrogen-bond donors (Lipinski definition) is 3. The highest BCUT2D eigenvalue weighted by Crippen LogP contribution is 2.44. The summed E-state index contributed by atoms with van der Waals surface area (Å²) in [7, 11) is 1.83. The Morgan fingerprint density at radius 3 is 2.81 bits per heavy atom. The van der Waals surface area contributed by atoms with Crippen LogP contribution >= 0.6 is 12.6 Å². The van der Waals surface area contributed by atoms with Crippen molar-refractivity contribution in [3.8, 4) is 0 Å². The quantitative estimate of drug-likeness (QED) is 0.504. The fraction of sp³-hybridized carbons (Fsp3) is 0.609. The maximum Gasteiger partial charge on any atom is 0.227 e. The van der Waals surface area contributed by atoms with Gasteiger partial charge in [0.2, 0.25) is 5.91 Å². The number of nitrogens with zero attached hydrogens (tertiary/aromatic N) is 2. The number of carbonyl (C=O) groups is 1. The molecule has 172 valence electrons. The lowest BCUT2D eigenvalue weighted by Crippen LogP contribution is -2.47. The average Bonchev–Trinajstić information content (AvgIpc) is 3.13. The lowest BCUT2D eigenvalue weighted by molar-refractivity contribution is -0.137. The first kappa shape index (κ1) is 24.0. The first-order chi connectivity index (χ1) is 15.0. The van der Waals surface area contributed by atoms with Crippen LogP contribution in [0.5, 0.6) is 0 Å². The third-order valence-electron chi connectivity index (χ3n) is 6.56. The van der Waals surface area contributed by atoms with Gasteiger partial charge in [0.25, 0.3) is 0 Å². The molecule has 1 aromatic rings. The molecule has 31 heavy (non-hydrogen) atoms. The Morgan fingerprint density at radius 2 is 2.19 bits per heavy atom. The first-order valence-corrected chi connectivity index (χ1v) is 11.5. The van der Waals surface area contributed by atoms with Crippen LogP contribution in [-0.2, 0) is 21.7 Å². The summed E-state index contributed by atoms with van der Waals surface area (Å²) in [4.78, 5) is 17.2. The van der Waals surface area contributed by atoms with Crippen LogP contribution in [0.15, 0.2) is 29.3 Å². The van der Waals surface area contributed by atoms with Gasteiger partial charge in [-0.15, -0.1) is 12.6 Å². The van der Waals surface area contributed by atoms with Crippen molar-refractivity contribution in [2.75, 3.05) is 46.4 Å². The zero-order chi connectivity index (χ0) is 22.4. The van der Waals surface area contributed by atoms with Gasteiger partial charge >= 0.3 is 0 Å².